The van der Waals surface area contributed by atoms with E-state index in [1.54, 1.807) is 0 Å². The molecule has 0 bridgehead atoms. The molecule has 2 rings (SSSR count). The second kappa shape index (κ2) is 5.41. The third kappa shape index (κ3) is 3.12. The van der Waals surface area contributed by atoms with Crippen molar-refractivity contribution in [3.8, 4) is 0 Å². The molecule has 1 aliphatic carbocycles. The highest BCUT2D eigenvalue weighted by atomic mass is 16.3. The van der Waals surface area contributed by atoms with Crippen molar-refractivity contribution in [1.82, 2.24) is 0 Å². The first-order chi connectivity index (χ1) is 8.49. The van der Waals surface area contributed by atoms with Crippen LogP contribution in [0.25, 0.3) is 0 Å². The van der Waals surface area contributed by atoms with E-state index in [1.165, 1.54) is 17.5 Å². The highest BCUT2D eigenvalue weighted by Crippen LogP contribution is 2.32. The lowest BCUT2D eigenvalue weighted by Gasteiger charge is -2.36. The van der Waals surface area contributed by atoms with Crippen LogP contribution in [0.1, 0.15) is 48.8 Å². The Morgan fingerprint density at radius 2 is 1.61 bits per heavy atom. The fraction of sp³-hybridized carbons (Fsp3) is 0.625. The quantitative estimate of drug-likeness (QED) is 0.863. The lowest BCUT2D eigenvalue weighted by molar-refractivity contribution is -0.0960. The van der Waals surface area contributed by atoms with Crippen LogP contribution >= 0.6 is 0 Å². The summed E-state index contributed by atoms with van der Waals surface area (Å²) in [6.45, 7) is 4.14. The first kappa shape index (κ1) is 13.6. The first-order valence-corrected chi connectivity index (χ1v) is 6.97. The van der Waals surface area contributed by atoms with E-state index in [0.717, 1.165) is 31.2 Å². The van der Waals surface area contributed by atoms with Gasteiger partial charge in [0, 0.05) is 6.42 Å². The lowest BCUT2D eigenvalue weighted by atomic mass is 9.79. The molecule has 2 nitrogen and oxygen atoms in total. The van der Waals surface area contributed by atoms with Gasteiger partial charge in [-0.1, -0.05) is 48.6 Å². The molecule has 1 aliphatic rings. The van der Waals surface area contributed by atoms with Crippen LogP contribution in [0.2, 0.25) is 0 Å². The summed E-state index contributed by atoms with van der Waals surface area (Å²) >= 11 is 0. The van der Waals surface area contributed by atoms with E-state index in [0.29, 0.717) is 6.42 Å². The average molecular weight is 248 g/mol. The minimum atomic E-state index is -0.865. The number of aryl methyl sites for hydroxylation is 2. The first-order valence-electron chi connectivity index (χ1n) is 6.97. The normalized spacial score (nSPS) is 20.7. The number of benzene rings is 1. The predicted octanol–water partition coefficient (Wildman–Crippen LogP) is 2.90. The Hall–Kier alpha value is -0.860. The van der Waals surface area contributed by atoms with Crippen molar-refractivity contribution in [3.05, 3.63) is 34.9 Å². The Morgan fingerprint density at radius 3 is 2.17 bits per heavy atom. The maximum absolute atomic E-state index is 10.5. The lowest BCUT2D eigenvalue weighted by Crippen LogP contribution is -2.45. The van der Waals surface area contributed by atoms with Gasteiger partial charge in [-0.05, 0) is 32.3 Å². The summed E-state index contributed by atoms with van der Waals surface area (Å²) < 4.78 is 0. The van der Waals surface area contributed by atoms with Gasteiger partial charge in [0.1, 0.15) is 0 Å². The van der Waals surface area contributed by atoms with Crippen LogP contribution in [0.3, 0.4) is 0 Å². The van der Waals surface area contributed by atoms with Gasteiger partial charge in [-0.3, -0.25) is 0 Å². The molecule has 1 unspecified atom stereocenters. The molecule has 2 heteroatoms. The summed E-state index contributed by atoms with van der Waals surface area (Å²) in [6.07, 6.45) is 4.62. The van der Waals surface area contributed by atoms with E-state index in [1.807, 2.05) is 0 Å². The highest BCUT2D eigenvalue weighted by Gasteiger charge is 2.36. The zero-order chi connectivity index (χ0) is 13.2. The largest absolute Gasteiger partial charge is 0.390 e. The molecular weight excluding hydrogens is 224 g/mol. The van der Waals surface area contributed by atoms with Gasteiger partial charge >= 0.3 is 0 Å². The Morgan fingerprint density at radius 1 is 1.06 bits per heavy atom. The highest BCUT2D eigenvalue weighted by molar-refractivity contribution is 5.29. The third-order valence-electron chi connectivity index (χ3n) is 4.05. The Labute approximate surface area is 110 Å². The maximum atomic E-state index is 10.5. The van der Waals surface area contributed by atoms with Gasteiger partial charge < -0.3 is 10.2 Å². The molecule has 1 aromatic rings. The van der Waals surface area contributed by atoms with E-state index < -0.39 is 11.7 Å². The molecule has 0 spiro atoms. The van der Waals surface area contributed by atoms with Gasteiger partial charge in [-0.2, -0.15) is 0 Å². The average Bonchev–Trinajstić information content (AvgIpc) is 2.28. The monoisotopic (exact) mass is 248 g/mol. The van der Waals surface area contributed by atoms with E-state index in [2.05, 4.69) is 32.0 Å². The summed E-state index contributed by atoms with van der Waals surface area (Å²) in [5.74, 6) is 0. The fourth-order valence-corrected chi connectivity index (χ4v) is 3.10. The van der Waals surface area contributed by atoms with E-state index >= 15 is 0 Å². The Bertz CT molecular complexity index is 385. The van der Waals surface area contributed by atoms with Crippen LogP contribution in [-0.4, -0.2) is 21.9 Å². The van der Waals surface area contributed by atoms with E-state index in [4.69, 9.17) is 0 Å². The van der Waals surface area contributed by atoms with Gasteiger partial charge in [0.15, 0.2) is 0 Å². The van der Waals surface area contributed by atoms with Crippen molar-refractivity contribution in [2.45, 2.75) is 64.1 Å². The van der Waals surface area contributed by atoms with Gasteiger partial charge in [-0.25, -0.2) is 0 Å². The summed E-state index contributed by atoms with van der Waals surface area (Å²) in [5, 5.41) is 20.8. The summed E-state index contributed by atoms with van der Waals surface area (Å²) in [4.78, 5) is 0. The van der Waals surface area contributed by atoms with E-state index in [9.17, 15) is 10.2 Å². The molecule has 1 aromatic carbocycles. The molecule has 0 aliphatic heterocycles. The molecule has 0 radical (unpaired) electrons. The van der Waals surface area contributed by atoms with Gasteiger partial charge in [0.25, 0.3) is 0 Å². The van der Waals surface area contributed by atoms with Crippen molar-refractivity contribution in [3.63, 3.8) is 0 Å². The van der Waals surface area contributed by atoms with E-state index in [-0.39, 0.29) is 0 Å². The van der Waals surface area contributed by atoms with Gasteiger partial charge in [0.05, 0.1) is 11.7 Å². The smallest absolute Gasteiger partial charge is 0.0908 e. The molecule has 0 heterocycles. The van der Waals surface area contributed by atoms with Gasteiger partial charge in [0.2, 0.25) is 0 Å². The molecule has 0 amide bonds. The van der Waals surface area contributed by atoms with Crippen molar-refractivity contribution in [2.75, 3.05) is 0 Å². The predicted molar refractivity (Wildman–Crippen MR) is 73.7 cm³/mol. The topological polar surface area (TPSA) is 40.5 Å². The zero-order valence-electron chi connectivity index (χ0n) is 11.4. The molecule has 0 aromatic heterocycles. The fourth-order valence-electron chi connectivity index (χ4n) is 3.10. The molecule has 1 atom stereocenters. The summed E-state index contributed by atoms with van der Waals surface area (Å²) in [7, 11) is 0. The third-order valence-corrected chi connectivity index (χ3v) is 4.05. The number of hydrogen-bond acceptors (Lipinski definition) is 2. The number of rotatable bonds is 3. The number of aliphatic hydroxyl groups excluding tert-OH is 1. The van der Waals surface area contributed by atoms with Crippen molar-refractivity contribution < 1.29 is 10.2 Å². The van der Waals surface area contributed by atoms with Crippen molar-refractivity contribution in [2.24, 2.45) is 0 Å². The van der Waals surface area contributed by atoms with Crippen molar-refractivity contribution >= 4 is 0 Å². The molecule has 1 saturated carbocycles. The second-order valence-electron chi connectivity index (χ2n) is 5.88. The maximum Gasteiger partial charge on any atom is 0.0908 e. The molecule has 100 valence electrons. The standard InChI is InChI=1S/C16H24O2/c1-12-8-13(2)10-14(9-12)11-15(17)16(18)6-4-3-5-7-16/h8-10,15,17-18H,3-7,11H2,1-2H3. The number of hydrogen-bond donors (Lipinski definition) is 2. The SMILES string of the molecule is Cc1cc(C)cc(CC(O)C2(O)CCCCC2)c1. The molecule has 0 saturated heterocycles. The molecule has 2 N–H and O–H groups in total. The van der Waals surface area contributed by atoms with Crippen LogP contribution in [0.15, 0.2) is 18.2 Å². The Kier molecular flexibility index (Phi) is 4.08. The summed E-state index contributed by atoms with van der Waals surface area (Å²) in [5.41, 5.74) is 2.69. The minimum Gasteiger partial charge on any atom is -0.390 e. The zero-order valence-corrected chi connectivity index (χ0v) is 11.4. The second-order valence-corrected chi connectivity index (χ2v) is 5.88. The van der Waals surface area contributed by atoms with Crippen molar-refractivity contribution in [1.29, 1.82) is 0 Å². The molecule has 1 fully saturated rings. The van der Waals surface area contributed by atoms with Crippen LogP contribution in [0.4, 0.5) is 0 Å². The number of aliphatic hydroxyl groups is 2. The Balaban J connectivity index is 2.08. The van der Waals surface area contributed by atoms with Gasteiger partial charge in [-0.15, -0.1) is 0 Å². The minimum absolute atomic E-state index is 0.555. The van der Waals surface area contributed by atoms with Crippen LogP contribution in [0, 0.1) is 13.8 Å². The van der Waals surface area contributed by atoms with Crippen LogP contribution < -0.4 is 0 Å². The molecule has 18 heavy (non-hydrogen) atoms. The molecular formula is C16H24O2. The van der Waals surface area contributed by atoms with Crippen LogP contribution in [0.5, 0.6) is 0 Å². The van der Waals surface area contributed by atoms with Crippen LogP contribution in [-0.2, 0) is 6.42 Å². The summed E-state index contributed by atoms with van der Waals surface area (Å²) in [6, 6.07) is 6.33.